The maximum atomic E-state index is 12.5. The predicted octanol–water partition coefficient (Wildman–Crippen LogP) is 2.91. The Bertz CT molecular complexity index is 890. The molecule has 0 radical (unpaired) electrons. The van der Waals surface area contributed by atoms with Gasteiger partial charge in [-0.1, -0.05) is 18.2 Å². The van der Waals surface area contributed by atoms with E-state index in [0.29, 0.717) is 11.1 Å². The van der Waals surface area contributed by atoms with Gasteiger partial charge in [0.15, 0.2) is 5.78 Å². The third-order valence-electron chi connectivity index (χ3n) is 3.19. The number of non-ortho nitro benzene ring substituents is 1. The van der Waals surface area contributed by atoms with Gasteiger partial charge in [0.2, 0.25) is 0 Å². The minimum atomic E-state index is -4.01. The molecule has 7 nitrogen and oxygen atoms in total. The summed E-state index contributed by atoms with van der Waals surface area (Å²) in [6.45, 7) is 2.92. The highest BCUT2D eigenvalue weighted by molar-refractivity contribution is 7.92. The molecule has 0 aliphatic carbocycles. The number of aryl methyl sites for hydroxylation is 1. The Morgan fingerprint density at radius 1 is 1.17 bits per heavy atom. The van der Waals surface area contributed by atoms with E-state index in [9.17, 15) is 23.3 Å². The van der Waals surface area contributed by atoms with Crippen LogP contribution < -0.4 is 4.72 Å². The van der Waals surface area contributed by atoms with Gasteiger partial charge in [-0.05, 0) is 31.5 Å². The van der Waals surface area contributed by atoms with Gasteiger partial charge >= 0.3 is 0 Å². The molecule has 0 aromatic heterocycles. The first-order valence-corrected chi connectivity index (χ1v) is 8.08. The van der Waals surface area contributed by atoms with Crippen molar-refractivity contribution >= 4 is 27.2 Å². The zero-order chi connectivity index (χ0) is 17.2. The first-order valence-electron chi connectivity index (χ1n) is 6.59. The Morgan fingerprint density at radius 3 is 2.48 bits per heavy atom. The van der Waals surface area contributed by atoms with E-state index in [-0.39, 0.29) is 22.1 Å². The molecule has 0 unspecified atom stereocenters. The summed E-state index contributed by atoms with van der Waals surface area (Å²) in [5.74, 6) is -0.197. The van der Waals surface area contributed by atoms with Crippen molar-refractivity contribution < 1.29 is 18.1 Å². The smallest absolute Gasteiger partial charge is 0.270 e. The van der Waals surface area contributed by atoms with Crippen molar-refractivity contribution in [2.75, 3.05) is 4.72 Å². The summed E-state index contributed by atoms with van der Waals surface area (Å²) < 4.78 is 27.3. The predicted molar refractivity (Wildman–Crippen MR) is 85.1 cm³/mol. The molecule has 0 saturated carbocycles. The number of carbonyl (C=O) groups is 1. The highest BCUT2D eigenvalue weighted by Crippen LogP contribution is 2.24. The quantitative estimate of drug-likeness (QED) is 0.514. The van der Waals surface area contributed by atoms with Crippen LogP contribution in [0.2, 0.25) is 0 Å². The van der Waals surface area contributed by atoms with E-state index in [1.54, 1.807) is 19.1 Å². The molecule has 8 heteroatoms. The summed E-state index contributed by atoms with van der Waals surface area (Å²) in [6, 6.07) is 9.65. The number of rotatable bonds is 5. The Balaban J connectivity index is 2.43. The fraction of sp³-hybridized carbons (Fsp3) is 0.133. The van der Waals surface area contributed by atoms with Crippen LogP contribution in [0.4, 0.5) is 11.4 Å². The highest BCUT2D eigenvalue weighted by atomic mass is 32.2. The number of ketones is 1. The molecular formula is C15H14N2O5S. The molecule has 0 atom stereocenters. The van der Waals surface area contributed by atoms with Crippen LogP contribution >= 0.6 is 0 Å². The first kappa shape index (κ1) is 16.6. The number of carbonyl (C=O) groups excluding carboxylic acids is 1. The van der Waals surface area contributed by atoms with Crippen LogP contribution in [0.5, 0.6) is 0 Å². The lowest BCUT2D eigenvalue weighted by Gasteiger charge is -2.11. The van der Waals surface area contributed by atoms with E-state index in [0.717, 1.165) is 6.07 Å². The van der Waals surface area contributed by atoms with Gasteiger partial charge in [-0.15, -0.1) is 0 Å². The van der Waals surface area contributed by atoms with Crippen molar-refractivity contribution in [1.29, 1.82) is 0 Å². The molecule has 0 spiro atoms. The molecule has 2 aromatic rings. The van der Waals surface area contributed by atoms with E-state index in [4.69, 9.17) is 0 Å². The summed E-state index contributed by atoms with van der Waals surface area (Å²) in [6.07, 6.45) is 0. The summed E-state index contributed by atoms with van der Waals surface area (Å²) in [5, 5.41) is 10.8. The van der Waals surface area contributed by atoms with Gasteiger partial charge in [0.1, 0.15) is 0 Å². The molecule has 0 heterocycles. The molecule has 2 aromatic carbocycles. The molecule has 2 rings (SSSR count). The maximum absolute atomic E-state index is 12.5. The van der Waals surface area contributed by atoms with Gasteiger partial charge in [0.05, 0.1) is 9.82 Å². The normalized spacial score (nSPS) is 11.0. The van der Waals surface area contributed by atoms with Gasteiger partial charge in [-0.2, -0.15) is 0 Å². The lowest BCUT2D eigenvalue weighted by Crippen LogP contribution is -2.15. The third kappa shape index (κ3) is 3.72. The minimum absolute atomic E-state index is 0.181. The lowest BCUT2D eigenvalue weighted by molar-refractivity contribution is -0.385. The second-order valence-electron chi connectivity index (χ2n) is 4.95. The molecule has 0 bridgehead atoms. The van der Waals surface area contributed by atoms with Crippen molar-refractivity contribution in [1.82, 2.24) is 0 Å². The molecule has 0 aliphatic heterocycles. The van der Waals surface area contributed by atoms with E-state index in [1.165, 1.54) is 31.2 Å². The van der Waals surface area contributed by atoms with Crippen LogP contribution in [0.1, 0.15) is 22.8 Å². The number of nitrogens with one attached hydrogen (secondary N) is 1. The third-order valence-corrected chi connectivity index (χ3v) is 4.72. The Morgan fingerprint density at radius 2 is 1.87 bits per heavy atom. The molecule has 23 heavy (non-hydrogen) atoms. The maximum Gasteiger partial charge on any atom is 0.270 e. The molecular weight excluding hydrogens is 320 g/mol. The molecule has 0 amide bonds. The van der Waals surface area contributed by atoms with Gasteiger partial charge < -0.3 is 0 Å². The van der Waals surface area contributed by atoms with Crippen molar-refractivity contribution in [3.05, 3.63) is 63.7 Å². The van der Waals surface area contributed by atoms with Crippen molar-refractivity contribution in [2.45, 2.75) is 18.7 Å². The Labute approximate surface area is 133 Å². The number of nitro benzene ring substituents is 1. The minimum Gasteiger partial charge on any atom is -0.295 e. The number of hydrogen-bond acceptors (Lipinski definition) is 5. The van der Waals surface area contributed by atoms with Crippen molar-refractivity contribution in [2.24, 2.45) is 0 Å². The second-order valence-corrected chi connectivity index (χ2v) is 6.60. The number of sulfonamides is 1. The molecule has 0 aliphatic rings. The van der Waals surface area contributed by atoms with Crippen LogP contribution in [0.25, 0.3) is 0 Å². The fourth-order valence-corrected chi connectivity index (χ4v) is 3.32. The summed E-state index contributed by atoms with van der Waals surface area (Å²) in [5.41, 5.74) is 0.642. The molecule has 0 saturated heterocycles. The summed E-state index contributed by atoms with van der Waals surface area (Å²) in [7, 11) is -4.01. The van der Waals surface area contributed by atoms with E-state index < -0.39 is 14.9 Å². The number of Topliss-reactive ketones (excluding diaryl/α,β-unsaturated/α-hetero) is 1. The van der Waals surface area contributed by atoms with Gasteiger partial charge in [0.25, 0.3) is 15.7 Å². The zero-order valence-corrected chi connectivity index (χ0v) is 13.3. The van der Waals surface area contributed by atoms with Crippen molar-refractivity contribution in [3.8, 4) is 0 Å². The van der Waals surface area contributed by atoms with E-state index in [1.807, 2.05) is 0 Å². The van der Waals surface area contributed by atoms with Crippen molar-refractivity contribution in [3.63, 3.8) is 0 Å². The number of nitrogens with zero attached hydrogens (tertiary/aromatic N) is 1. The number of benzene rings is 2. The summed E-state index contributed by atoms with van der Waals surface area (Å²) >= 11 is 0. The molecule has 1 N–H and O–H groups in total. The SMILES string of the molecule is CC(=O)c1cccc(NS(=O)(=O)c2cc([N+](=O)[O-])ccc2C)c1. The largest absolute Gasteiger partial charge is 0.295 e. The number of anilines is 1. The van der Waals surface area contributed by atoms with E-state index in [2.05, 4.69) is 4.72 Å². The molecule has 120 valence electrons. The van der Waals surface area contributed by atoms with Gasteiger partial charge in [-0.3, -0.25) is 19.6 Å². The lowest BCUT2D eigenvalue weighted by atomic mass is 10.1. The number of hydrogen-bond donors (Lipinski definition) is 1. The second kappa shape index (κ2) is 6.17. The zero-order valence-electron chi connectivity index (χ0n) is 12.4. The topological polar surface area (TPSA) is 106 Å². The van der Waals surface area contributed by atoms with Crippen LogP contribution in [-0.2, 0) is 10.0 Å². The highest BCUT2D eigenvalue weighted by Gasteiger charge is 2.20. The standard InChI is InChI=1S/C15H14N2O5S/c1-10-6-7-14(17(19)20)9-15(10)23(21,22)16-13-5-3-4-12(8-13)11(2)18/h3-9,16H,1-2H3. The van der Waals surface area contributed by atoms with Crippen LogP contribution in [0.15, 0.2) is 47.4 Å². The van der Waals surface area contributed by atoms with Crippen LogP contribution in [0.3, 0.4) is 0 Å². The molecule has 0 fully saturated rings. The Hall–Kier alpha value is -2.74. The average Bonchev–Trinajstić information content (AvgIpc) is 2.47. The van der Waals surface area contributed by atoms with E-state index >= 15 is 0 Å². The monoisotopic (exact) mass is 334 g/mol. The van der Waals surface area contributed by atoms with Crippen LogP contribution in [-0.4, -0.2) is 19.1 Å². The average molecular weight is 334 g/mol. The van der Waals surface area contributed by atoms with Gasteiger partial charge in [-0.25, -0.2) is 8.42 Å². The number of nitro groups is 1. The first-order chi connectivity index (χ1) is 10.7. The fourth-order valence-electron chi connectivity index (χ4n) is 2.00. The Kier molecular flexibility index (Phi) is 4.46. The summed E-state index contributed by atoms with van der Waals surface area (Å²) in [4.78, 5) is 21.3. The van der Waals surface area contributed by atoms with Gasteiger partial charge in [0, 0.05) is 23.4 Å². The van der Waals surface area contributed by atoms with Crippen LogP contribution in [0, 0.1) is 17.0 Å².